The number of halogens is 5. The van der Waals surface area contributed by atoms with Crippen LogP contribution >= 0.6 is 0 Å². The summed E-state index contributed by atoms with van der Waals surface area (Å²) in [5, 5.41) is 0. The Kier molecular flexibility index (Phi) is 3.75. The molecule has 68 valence electrons. The summed E-state index contributed by atoms with van der Waals surface area (Å²) in [4.78, 5) is 0. The summed E-state index contributed by atoms with van der Waals surface area (Å²) in [6, 6.07) is 0. The lowest BCUT2D eigenvalue weighted by Gasteiger charge is -2.19. The SMILES string of the molecule is CCC(F)[C@H](F)C(F)(F)CF. The standard InChI is InChI=1S/C6H9F5/c1-2-4(8)5(9)6(10,11)3-7/h4-5H,2-3H2,1H3/t4?,5-/m0/s1. The van der Waals surface area contributed by atoms with Gasteiger partial charge in [0.2, 0.25) is 0 Å². The van der Waals surface area contributed by atoms with Crippen LogP contribution in [0.15, 0.2) is 0 Å². The smallest absolute Gasteiger partial charge is 0.244 e. The van der Waals surface area contributed by atoms with E-state index in [0.717, 1.165) is 0 Å². The average molecular weight is 176 g/mol. The van der Waals surface area contributed by atoms with Gasteiger partial charge in [-0.1, -0.05) is 6.92 Å². The lowest BCUT2D eigenvalue weighted by atomic mass is 10.1. The maximum Gasteiger partial charge on any atom is 0.309 e. The van der Waals surface area contributed by atoms with Crippen LogP contribution in [0.1, 0.15) is 13.3 Å². The van der Waals surface area contributed by atoms with Crippen LogP contribution in [-0.2, 0) is 0 Å². The molecule has 5 heteroatoms. The molecule has 0 N–H and O–H groups in total. The Labute approximate surface area is 61.4 Å². The molecule has 0 rings (SSSR count). The quantitative estimate of drug-likeness (QED) is 0.577. The molecular formula is C6H9F5. The molecule has 0 aromatic rings. The first kappa shape index (κ1) is 10.7. The Bertz CT molecular complexity index is 114. The molecule has 0 spiro atoms. The highest BCUT2D eigenvalue weighted by atomic mass is 19.3. The molecule has 0 aromatic heterocycles. The maximum atomic E-state index is 12.2. The summed E-state index contributed by atoms with van der Waals surface area (Å²) >= 11 is 0. The fourth-order valence-electron chi connectivity index (χ4n) is 0.545. The summed E-state index contributed by atoms with van der Waals surface area (Å²) in [5.41, 5.74) is 0. The Balaban J connectivity index is 4.10. The summed E-state index contributed by atoms with van der Waals surface area (Å²) in [7, 11) is 0. The van der Waals surface area contributed by atoms with Crippen molar-refractivity contribution in [2.24, 2.45) is 0 Å². The van der Waals surface area contributed by atoms with Crippen molar-refractivity contribution >= 4 is 0 Å². The minimum atomic E-state index is -4.19. The third kappa shape index (κ3) is 2.63. The number of alkyl halides is 5. The van der Waals surface area contributed by atoms with Crippen LogP contribution in [0, 0.1) is 0 Å². The molecule has 0 heterocycles. The predicted molar refractivity (Wildman–Crippen MR) is 31.0 cm³/mol. The number of hydrogen-bond acceptors (Lipinski definition) is 0. The van der Waals surface area contributed by atoms with E-state index in [1.165, 1.54) is 6.92 Å². The molecule has 0 saturated heterocycles. The van der Waals surface area contributed by atoms with Crippen molar-refractivity contribution < 1.29 is 22.0 Å². The zero-order valence-corrected chi connectivity index (χ0v) is 5.96. The zero-order valence-electron chi connectivity index (χ0n) is 5.96. The van der Waals surface area contributed by atoms with E-state index in [-0.39, 0.29) is 6.42 Å². The van der Waals surface area contributed by atoms with Gasteiger partial charge in [-0.3, -0.25) is 0 Å². The topological polar surface area (TPSA) is 0 Å². The van der Waals surface area contributed by atoms with Crippen LogP contribution in [0.4, 0.5) is 22.0 Å². The molecule has 2 atom stereocenters. The first-order valence-electron chi connectivity index (χ1n) is 3.17. The first-order valence-corrected chi connectivity index (χ1v) is 3.17. The fraction of sp³-hybridized carbons (Fsp3) is 1.00. The van der Waals surface area contributed by atoms with E-state index in [9.17, 15) is 22.0 Å². The van der Waals surface area contributed by atoms with Gasteiger partial charge in [-0.2, -0.15) is 0 Å². The van der Waals surface area contributed by atoms with Crippen molar-refractivity contribution in [3.8, 4) is 0 Å². The molecule has 0 aliphatic rings. The van der Waals surface area contributed by atoms with Gasteiger partial charge in [0.25, 0.3) is 0 Å². The molecular weight excluding hydrogens is 167 g/mol. The van der Waals surface area contributed by atoms with Crippen LogP contribution in [0.5, 0.6) is 0 Å². The monoisotopic (exact) mass is 176 g/mol. The molecule has 0 bridgehead atoms. The molecule has 0 amide bonds. The van der Waals surface area contributed by atoms with Crippen molar-refractivity contribution in [1.82, 2.24) is 0 Å². The highest BCUT2D eigenvalue weighted by molar-refractivity contribution is 4.81. The van der Waals surface area contributed by atoms with Crippen molar-refractivity contribution in [2.45, 2.75) is 31.6 Å². The van der Waals surface area contributed by atoms with E-state index in [1.807, 2.05) is 0 Å². The normalized spacial score (nSPS) is 18.0. The second-order valence-corrected chi connectivity index (χ2v) is 2.22. The van der Waals surface area contributed by atoms with Gasteiger partial charge in [-0.05, 0) is 6.42 Å². The van der Waals surface area contributed by atoms with Gasteiger partial charge in [0.05, 0.1) is 0 Å². The van der Waals surface area contributed by atoms with Crippen molar-refractivity contribution in [3.05, 3.63) is 0 Å². The molecule has 0 radical (unpaired) electrons. The predicted octanol–water partition coefficient (Wildman–Crippen LogP) is 2.68. The van der Waals surface area contributed by atoms with Crippen LogP contribution in [0.25, 0.3) is 0 Å². The van der Waals surface area contributed by atoms with Crippen molar-refractivity contribution in [1.29, 1.82) is 0 Å². The van der Waals surface area contributed by atoms with Crippen molar-refractivity contribution in [2.75, 3.05) is 6.67 Å². The Morgan fingerprint density at radius 2 is 1.73 bits per heavy atom. The van der Waals surface area contributed by atoms with Crippen LogP contribution < -0.4 is 0 Å². The third-order valence-corrected chi connectivity index (χ3v) is 1.29. The molecule has 1 unspecified atom stereocenters. The van der Waals surface area contributed by atoms with E-state index in [0.29, 0.717) is 0 Å². The fourth-order valence-corrected chi connectivity index (χ4v) is 0.545. The second kappa shape index (κ2) is 3.88. The molecule has 0 saturated carbocycles. The molecule has 0 aromatic carbocycles. The van der Waals surface area contributed by atoms with Gasteiger partial charge in [-0.15, -0.1) is 0 Å². The molecule has 0 fully saturated rings. The Morgan fingerprint density at radius 3 is 2.00 bits per heavy atom. The van der Waals surface area contributed by atoms with Gasteiger partial charge >= 0.3 is 5.92 Å². The van der Waals surface area contributed by atoms with Gasteiger partial charge < -0.3 is 0 Å². The minimum Gasteiger partial charge on any atom is -0.244 e. The first-order chi connectivity index (χ1) is 4.95. The lowest BCUT2D eigenvalue weighted by molar-refractivity contribution is -0.112. The van der Waals surface area contributed by atoms with E-state index < -0.39 is 24.9 Å². The number of hydrogen-bond donors (Lipinski definition) is 0. The summed E-state index contributed by atoms with van der Waals surface area (Å²) in [6.45, 7) is -0.944. The van der Waals surface area contributed by atoms with Crippen molar-refractivity contribution in [3.63, 3.8) is 0 Å². The van der Waals surface area contributed by atoms with Gasteiger partial charge in [0.1, 0.15) is 6.17 Å². The molecule has 11 heavy (non-hydrogen) atoms. The maximum absolute atomic E-state index is 12.2. The van der Waals surface area contributed by atoms with Gasteiger partial charge in [0.15, 0.2) is 12.8 Å². The molecule has 0 nitrogen and oxygen atoms in total. The van der Waals surface area contributed by atoms with Crippen LogP contribution in [0.2, 0.25) is 0 Å². The summed E-state index contributed by atoms with van der Waals surface area (Å²) in [5.74, 6) is -4.19. The summed E-state index contributed by atoms with van der Waals surface area (Å²) in [6.07, 6.45) is -5.70. The van der Waals surface area contributed by atoms with E-state index in [2.05, 4.69) is 0 Å². The van der Waals surface area contributed by atoms with Gasteiger partial charge in [-0.25, -0.2) is 22.0 Å². The summed E-state index contributed by atoms with van der Waals surface area (Å²) < 4.78 is 59.7. The Morgan fingerprint density at radius 1 is 1.27 bits per heavy atom. The highest BCUT2D eigenvalue weighted by Gasteiger charge is 2.44. The van der Waals surface area contributed by atoms with Crippen LogP contribution in [0.3, 0.4) is 0 Å². The average Bonchev–Trinajstić information content (AvgIpc) is 2.01. The van der Waals surface area contributed by atoms with E-state index in [4.69, 9.17) is 0 Å². The molecule has 0 aliphatic heterocycles. The third-order valence-electron chi connectivity index (χ3n) is 1.29. The minimum absolute atomic E-state index is 0.378. The van der Waals surface area contributed by atoms with E-state index >= 15 is 0 Å². The van der Waals surface area contributed by atoms with Gasteiger partial charge in [0, 0.05) is 0 Å². The second-order valence-electron chi connectivity index (χ2n) is 2.22. The Hall–Kier alpha value is -0.350. The number of rotatable bonds is 4. The van der Waals surface area contributed by atoms with Crippen LogP contribution in [-0.4, -0.2) is 24.9 Å². The zero-order chi connectivity index (χ0) is 9.07. The molecule has 0 aliphatic carbocycles. The highest BCUT2D eigenvalue weighted by Crippen LogP contribution is 2.27. The van der Waals surface area contributed by atoms with E-state index in [1.54, 1.807) is 0 Å². The largest absolute Gasteiger partial charge is 0.309 e. The lowest BCUT2D eigenvalue weighted by Crippen LogP contribution is -2.38.